The van der Waals surface area contributed by atoms with Crippen molar-refractivity contribution >= 4 is 23.1 Å². The predicted molar refractivity (Wildman–Crippen MR) is 59.9 cm³/mol. The number of hydrogen-bond acceptors (Lipinski definition) is 3. The molecule has 2 rings (SSSR count). The lowest BCUT2D eigenvalue weighted by atomic mass is 10.2. The highest BCUT2D eigenvalue weighted by atomic mass is 32.1. The van der Waals surface area contributed by atoms with Gasteiger partial charge in [0.1, 0.15) is 0 Å². The number of anilines is 1. The van der Waals surface area contributed by atoms with Crippen LogP contribution in [0.2, 0.25) is 0 Å². The SMILES string of the molecule is Cn1ccc(NC(=O)Cc2ccsc2)n1. The van der Waals surface area contributed by atoms with Crippen molar-refractivity contribution in [3.05, 3.63) is 34.7 Å². The predicted octanol–water partition coefficient (Wildman–Crippen LogP) is 1.66. The Kier molecular flexibility index (Phi) is 2.82. The van der Waals surface area contributed by atoms with Crippen LogP contribution >= 0.6 is 11.3 Å². The average Bonchev–Trinajstić information content (AvgIpc) is 2.77. The molecule has 0 radical (unpaired) electrons. The van der Waals surface area contributed by atoms with Gasteiger partial charge in [0.25, 0.3) is 0 Å². The lowest BCUT2D eigenvalue weighted by Crippen LogP contribution is -2.14. The third kappa shape index (κ3) is 2.66. The molecule has 1 amide bonds. The zero-order chi connectivity index (χ0) is 10.7. The van der Waals surface area contributed by atoms with Gasteiger partial charge in [0.15, 0.2) is 5.82 Å². The van der Waals surface area contributed by atoms with Gasteiger partial charge in [-0.05, 0) is 22.4 Å². The maximum atomic E-state index is 11.5. The van der Waals surface area contributed by atoms with Gasteiger partial charge >= 0.3 is 0 Å². The topological polar surface area (TPSA) is 46.9 Å². The van der Waals surface area contributed by atoms with Crippen molar-refractivity contribution < 1.29 is 4.79 Å². The van der Waals surface area contributed by atoms with Crippen LogP contribution in [-0.2, 0) is 18.3 Å². The van der Waals surface area contributed by atoms with Gasteiger partial charge in [-0.3, -0.25) is 9.48 Å². The van der Waals surface area contributed by atoms with E-state index in [0.29, 0.717) is 12.2 Å². The molecule has 78 valence electrons. The Hall–Kier alpha value is -1.62. The van der Waals surface area contributed by atoms with Crippen molar-refractivity contribution in [1.82, 2.24) is 9.78 Å². The molecule has 1 N–H and O–H groups in total. The number of carbonyl (C=O) groups is 1. The van der Waals surface area contributed by atoms with Gasteiger partial charge in [-0.1, -0.05) is 0 Å². The van der Waals surface area contributed by atoms with Crippen LogP contribution in [0.1, 0.15) is 5.56 Å². The summed E-state index contributed by atoms with van der Waals surface area (Å²) in [6, 6.07) is 3.72. The number of nitrogens with zero attached hydrogens (tertiary/aromatic N) is 2. The van der Waals surface area contributed by atoms with Crippen LogP contribution in [0.4, 0.5) is 5.82 Å². The number of hydrogen-bond donors (Lipinski definition) is 1. The molecular formula is C10H11N3OS. The van der Waals surface area contributed by atoms with Gasteiger partial charge < -0.3 is 5.32 Å². The second-order valence-corrected chi connectivity index (χ2v) is 4.01. The minimum absolute atomic E-state index is 0.0351. The quantitative estimate of drug-likeness (QED) is 0.856. The van der Waals surface area contributed by atoms with E-state index in [9.17, 15) is 4.79 Å². The lowest BCUT2D eigenvalue weighted by Gasteiger charge is -1.99. The number of thiophene rings is 1. The highest BCUT2D eigenvalue weighted by molar-refractivity contribution is 7.08. The molecule has 2 aromatic rings. The molecule has 0 bridgehead atoms. The third-order valence-electron chi connectivity index (χ3n) is 1.93. The second-order valence-electron chi connectivity index (χ2n) is 3.23. The summed E-state index contributed by atoms with van der Waals surface area (Å²) in [7, 11) is 1.81. The van der Waals surface area contributed by atoms with E-state index in [0.717, 1.165) is 5.56 Å². The maximum absolute atomic E-state index is 11.5. The zero-order valence-electron chi connectivity index (χ0n) is 8.30. The molecule has 0 aliphatic rings. The first-order valence-electron chi connectivity index (χ1n) is 4.54. The normalized spacial score (nSPS) is 10.2. The van der Waals surface area contributed by atoms with Crippen LogP contribution in [0.15, 0.2) is 29.1 Å². The van der Waals surface area contributed by atoms with Crippen molar-refractivity contribution in [2.45, 2.75) is 6.42 Å². The monoisotopic (exact) mass is 221 g/mol. The number of rotatable bonds is 3. The number of carbonyl (C=O) groups excluding carboxylic acids is 1. The van der Waals surface area contributed by atoms with E-state index in [2.05, 4.69) is 10.4 Å². The van der Waals surface area contributed by atoms with E-state index in [1.165, 1.54) is 0 Å². The van der Waals surface area contributed by atoms with E-state index in [-0.39, 0.29) is 5.91 Å². The molecule has 0 aromatic carbocycles. The van der Waals surface area contributed by atoms with Crippen LogP contribution in [0.5, 0.6) is 0 Å². The van der Waals surface area contributed by atoms with Crippen LogP contribution in [-0.4, -0.2) is 15.7 Å². The molecule has 4 nitrogen and oxygen atoms in total. The van der Waals surface area contributed by atoms with E-state index in [1.54, 1.807) is 28.3 Å². The van der Waals surface area contributed by atoms with E-state index >= 15 is 0 Å². The molecule has 5 heteroatoms. The molecule has 2 aromatic heterocycles. The fourth-order valence-electron chi connectivity index (χ4n) is 1.25. The van der Waals surface area contributed by atoms with Gasteiger partial charge in [0, 0.05) is 19.3 Å². The van der Waals surface area contributed by atoms with Crippen molar-refractivity contribution in [1.29, 1.82) is 0 Å². The number of amides is 1. The van der Waals surface area contributed by atoms with Gasteiger partial charge in [0.2, 0.25) is 5.91 Å². The molecule has 0 saturated carbocycles. The molecule has 15 heavy (non-hydrogen) atoms. The molecule has 0 atom stereocenters. The Morgan fingerprint density at radius 3 is 3.07 bits per heavy atom. The molecule has 0 spiro atoms. The van der Waals surface area contributed by atoms with Crippen LogP contribution in [0.3, 0.4) is 0 Å². The molecule has 0 saturated heterocycles. The first-order chi connectivity index (χ1) is 7.24. The summed E-state index contributed by atoms with van der Waals surface area (Å²) in [5.41, 5.74) is 1.04. The van der Waals surface area contributed by atoms with Crippen LogP contribution in [0, 0.1) is 0 Å². The Morgan fingerprint density at radius 2 is 2.47 bits per heavy atom. The number of aryl methyl sites for hydroxylation is 1. The fourth-order valence-corrected chi connectivity index (χ4v) is 1.92. The largest absolute Gasteiger partial charge is 0.309 e. The van der Waals surface area contributed by atoms with Gasteiger partial charge in [-0.2, -0.15) is 16.4 Å². The third-order valence-corrected chi connectivity index (χ3v) is 2.66. The first-order valence-corrected chi connectivity index (χ1v) is 5.49. The Morgan fingerprint density at radius 1 is 1.60 bits per heavy atom. The van der Waals surface area contributed by atoms with Crippen LogP contribution < -0.4 is 5.32 Å². The van der Waals surface area contributed by atoms with Gasteiger partial charge in [0.05, 0.1) is 6.42 Å². The van der Waals surface area contributed by atoms with E-state index in [1.807, 2.05) is 23.9 Å². The van der Waals surface area contributed by atoms with Crippen molar-refractivity contribution in [2.24, 2.45) is 7.05 Å². The summed E-state index contributed by atoms with van der Waals surface area (Å²) in [6.45, 7) is 0. The summed E-state index contributed by atoms with van der Waals surface area (Å²) in [5.74, 6) is 0.560. The highest BCUT2D eigenvalue weighted by Crippen LogP contribution is 2.08. The number of nitrogens with one attached hydrogen (secondary N) is 1. The summed E-state index contributed by atoms with van der Waals surface area (Å²) in [6.07, 6.45) is 2.19. The summed E-state index contributed by atoms with van der Waals surface area (Å²) >= 11 is 1.59. The molecule has 0 fully saturated rings. The zero-order valence-corrected chi connectivity index (χ0v) is 9.12. The number of aromatic nitrogens is 2. The van der Waals surface area contributed by atoms with Crippen molar-refractivity contribution in [3.8, 4) is 0 Å². The fraction of sp³-hybridized carbons (Fsp3) is 0.200. The lowest BCUT2D eigenvalue weighted by molar-refractivity contribution is -0.115. The Balaban J connectivity index is 1.93. The van der Waals surface area contributed by atoms with Gasteiger partial charge in [-0.25, -0.2) is 0 Å². The first kappa shape index (κ1) is 9.92. The smallest absolute Gasteiger partial charge is 0.230 e. The summed E-state index contributed by atoms with van der Waals surface area (Å²) in [4.78, 5) is 11.5. The van der Waals surface area contributed by atoms with E-state index in [4.69, 9.17) is 0 Å². The standard InChI is InChI=1S/C10H11N3OS/c1-13-4-2-9(12-13)11-10(14)6-8-3-5-15-7-8/h2-5,7H,6H2,1H3,(H,11,12,14). The highest BCUT2D eigenvalue weighted by Gasteiger charge is 2.05. The maximum Gasteiger partial charge on any atom is 0.230 e. The molecule has 0 unspecified atom stereocenters. The Labute approximate surface area is 91.5 Å². The van der Waals surface area contributed by atoms with Crippen molar-refractivity contribution in [2.75, 3.05) is 5.32 Å². The molecular weight excluding hydrogens is 210 g/mol. The molecule has 2 heterocycles. The van der Waals surface area contributed by atoms with Crippen LogP contribution in [0.25, 0.3) is 0 Å². The second kappa shape index (κ2) is 4.27. The Bertz CT molecular complexity index is 447. The van der Waals surface area contributed by atoms with Crippen molar-refractivity contribution in [3.63, 3.8) is 0 Å². The summed E-state index contributed by atoms with van der Waals surface area (Å²) < 4.78 is 1.65. The molecule has 0 aliphatic heterocycles. The minimum Gasteiger partial charge on any atom is -0.309 e. The van der Waals surface area contributed by atoms with Gasteiger partial charge in [-0.15, -0.1) is 0 Å². The minimum atomic E-state index is -0.0351. The average molecular weight is 221 g/mol. The van der Waals surface area contributed by atoms with E-state index < -0.39 is 0 Å². The molecule has 0 aliphatic carbocycles. The summed E-state index contributed by atoms with van der Waals surface area (Å²) in [5, 5.41) is 10.7.